The van der Waals surface area contributed by atoms with Crippen LogP contribution in [0.3, 0.4) is 0 Å². The number of thiophene rings is 1. The lowest BCUT2D eigenvalue weighted by Gasteiger charge is -2.34. The molecule has 0 spiro atoms. The van der Waals surface area contributed by atoms with Crippen molar-refractivity contribution in [2.45, 2.75) is 58.5 Å². The van der Waals surface area contributed by atoms with E-state index in [0.29, 0.717) is 13.1 Å². The third kappa shape index (κ3) is 4.46. The molecular formula is C22H30N4O2S. The van der Waals surface area contributed by atoms with E-state index in [1.165, 1.54) is 4.88 Å². The predicted octanol–water partition coefficient (Wildman–Crippen LogP) is 3.14. The van der Waals surface area contributed by atoms with E-state index in [1.54, 1.807) is 11.3 Å². The second-order valence-electron chi connectivity index (χ2n) is 8.35. The molecule has 2 aromatic heterocycles. The van der Waals surface area contributed by atoms with Gasteiger partial charge in [-0.15, -0.1) is 11.3 Å². The van der Waals surface area contributed by atoms with Crippen molar-refractivity contribution in [2.24, 2.45) is 5.92 Å². The van der Waals surface area contributed by atoms with Crippen molar-refractivity contribution in [2.75, 3.05) is 19.6 Å². The highest BCUT2D eigenvalue weighted by atomic mass is 32.1. The standard InChI is InChI=1S/C22H30N4O2S/c1-3-15(2)22(28)26-9-4-6-16(12-26)20-23-19-8-10-25(13-17-7-5-11-29-17)14-18(19)21(27)24-20/h5,7,11,15-16H,3-4,6,8-10,12-14H2,1-2H3,(H,23,24,27)/t15-,16-/m1/s1. The highest BCUT2D eigenvalue weighted by Gasteiger charge is 2.30. The zero-order chi connectivity index (χ0) is 20.4. The SMILES string of the molecule is CC[C@@H](C)C(=O)N1CCC[C@@H](c2nc3c(c(=O)[nH]2)CN(Cc2cccs2)CC3)C1. The molecule has 1 N–H and O–H groups in total. The van der Waals surface area contributed by atoms with E-state index in [2.05, 4.69) is 27.4 Å². The van der Waals surface area contributed by atoms with E-state index >= 15 is 0 Å². The van der Waals surface area contributed by atoms with Crippen LogP contribution in [0.1, 0.15) is 61.0 Å². The van der Waals surface area contributed by atoms with Crippen LogP contribution in [0, 0.1) is 5.92 Å². The summed E-state index contributed by atoms with van der Waals surface area (Å²) < 4.78 is 0. The molecule has 0 aromatic carbocycles. The van der Waals surface area contributed by atoms with E-state index < -0.39 is 0 Å². The van der Waals surface area contributed by atoms with Crippen LogP contribution in [-0.4, -0.2) is 45.3 Å². The molecule has 2 aliphatic heterocycles. The number of carbonyl (C=O) groups is 1. The molecule has 0 unspecified atom stereocenters. The Morgan fingerprint density at radius 1 is 1.41 bits per heavy atom. The summed E-state index contributed by atoms with van der Waals surface area (Å²) >= 11 is 1.75. The second kappa shape index (κ2) is 8.79. The molecule has 6 nitrogen and oxygen atoms in total. The number of hydrogen-bond donors (Lipinski definition) is 1. The van der Waals surface area contributed by atoms with Crippen LogP contribution in [-0.2, 0) is 24.3 Å². The van der Waals surface area contributed by atoms with Crippen LogP contribution in [0.15, 0.2) is 22.3 Å². The van der Waals surface area contributed by atoms with Crippen LogP contribution < -0.4 is 5.56 Å². The van der Waals surface area contributed by atoms with Crippen molar-refractivity contribution >= 4 is 17.2 Å². The lowest BCUT2D eigenvalue weighted by molar-refractivity contribution is -0.136. The van der Waals surface area contributed by atoms with Crippen molar-refractivity contribution in [3.63, 3.8) is 0 Å². The molecule has 29 heavy (non-hydrogen) atoms. The van der Waals surface area contributed by atoms with Crippen LogP contribution >= 0.6 is 11.3 Å². The number of aromatic nitrogens is 2. The van der Waals surface area contributed by atoms with E-state index in [0.717, 1.165) is 62.4 Å². The van der Waals surface area contributed by atoms with Crippen molar-refractivity contribution in [3.8, 4) is 0 Å². The molecule has 7 heteroatoms. The number of aromatic amines is 1. The third-order valence-corrected chi connectivity index (χ3v) is 7.14. The fraction of sp³-hybridized carbons (Fsp3) is 0.591. The molecule has 1 amide bonds. The van der Waals surface area contributed by atoms with Gasteiger partial charge in [-0.3, -0.25) is 14.5 Å². The maximum Gasteiger partial charge on any atom is 0.255 e. The minimum Gasteiger partial charge on any atom is -0.342 e. The first-order valence-electron chi connectivity index (χ1n) is 10.7. The first kappa shape index (κ1) is 20.3. The van der Waals surface area contributed by atoms with Crippen molar-refractivity contribution in [1.29, 1.82) is 0 Å². The Kier molecular flexibility index (Phi) is 6.15. The third-order valence-electron chi connectivity index (χ3n) is 6.28. The van der Waals surface area contributed by atoms with Gasteiger partial charge in [0.2, 0.25) is 5.91 Å². The summed E-state index contributed by atoms with van der Waals surface area (Å²) in [4.78, 5) is 39.0. The zero-order valence-electron chi connectivity index (χ0n) is 17.3. The monoisotopic (exact) mass is 414 g/mol. The van der Waals surface area contributed by atoms with Gasteiger partial charge in [0.25, 0.3) is 5.56 Å². The number of fused-ring (bicyclic) bond motifs is 1. The van der Waals surface area contributed by atoms with Crippen LogP contribution in [0.2, 0.25) is 0 Å². The normalized spacial score (nSPS) is 21.0. The van der Waals surface area contributed by atoms with E-state index in [1.807, 2.05) is 18.7 Å². The molecule has 4 rings (SSSR count). The van der Waals surface area contributed by atoms with Gasteiger partial charge in [0, 0.05) is 55.9 Å². The van der Waals surface area contributed by atoms with Gasteiger partial charge in [-0.1, -0.05) is 19.9 Å². The molecule has 0 aliphatic carbocycles. The number of H-pyrrole nitrogens is 1. The fourth-order valence-corrected chi connectivity index (χ4v) is 5.08. The Labute approximate surface area is 176 Å². The minimum atomic E-state index is -0.00810. The van der Waals surface area contributed by atoms with Crippen molar-refractivity contribution < 1.29 is 4.79 Å². The summed E-state index contributed by atoms with van der Waals surface area (Å²) in [7, 11) is 0. The van der Waals surface area contributed by atoms with Gasteiger partial charge in [0.1, 0.15) is 5.82 Å². The quantitative estimate of drug-likeness (QED) is 0.816. The average Bonchev–Trinajstić information content (AvgIpc) is 3.26. The van der Waals surface area contributed by atoms with Crippen LogP contribution in [0.4, 0.5) is 0 Å². The zero-order valence-corrected chi connectivity index (χ0v) is 18.1. The largest absolute Gasteiger partial charge is 0.342 e. The number of nitrogens with one attached hydrogen (secondary N) is 1. The Morgan fingerprint density at radius 3 is 3.03 bits per heavy atom. The number of nitrogens with zero attached hydrogens (tertiary/aromatic N) is 3. The Balaban J connectivity index is 1.48. The number of amides is 1. The number of hydrogen-bond acceptors (Lipinski definition) is 5. The first-order valence-corrected chi connectivity index (χ1v) is 11.6. The van der Waals surface area contributed by atoms with Gasteiger partial charge in [-0.25, -0.2) is 4.98 Å². The summed E-state index contributed by atoms with van der Waals surface area (Å²) in [6.07, 6.45) is 3.59. The van der Waals surface area contributed by atoms with Gasteiger partial charge < -0.3 is 9.88 Å². The van der Waals surface area contributed by atoms with Crippen molar-refractivity contribution in [3.05, 3.63) is 49.8 Å². The molecule has 2 aliphatic rings. The van der Waals surface area contributed by atoms with Gasteiger partial charge in [0.05, 0.1) is 11.3 Å². The summed E-state index contributed by atoms with van der Waals surface area (Å²) in [6.45, 7) is 7.97. The average molecular weight is 415 g/mol. The lowest BCUT2D eigenvalue weighted by atomic mass is 9.95. The smallest absolute Gasteiger partial charge is 0.255 e. The molecule has 0 saturated carbocycles. The number of carbonyl (C=O) groups excluding carboxylic acids is 1. The second-order valence-corrected chi connectivity index (χ2v) is 9.38. The molecule has 2 atom stereocenters. The van der Waals surface area contributed by atoms with E-state index in [-0.39, 0.29) is 23.3 Å². The van der Waals surface area contributed by atoms with Crippen LogP contribution in [0.5, 0.6) is 0 Å². The number of piperidine rings is 1. The maximum absolute atomic E-state index is 12.8. The van der Waals surface area contributed by atoms with Gasteiger partial charge >= 0.3 is 0 Å². The predicted molar refractivity (Wildman–Crippen MR) is 115 cm³/mol. The van der Waals surface area contributed by atoms with E-state index in [9.17, 15) is 9.59 Å². The Hall–Kier alpha value is -1.99. The maximum atomic E-state index is 12.8. The molecule has 0 bridgehead atoms. The summed E-state index contributed by atoms with van der Waals surface area (Å²) in [5.41, 5.74) is 1.74. The lowest BCUT2D eigenvalue weighted by Crippen LogP contribution is -2.43. The molecule has 156 valence electrons. The van der Waals surface area contributed by atoms with Gasteiger partial charge in [0.15, 0.2) is 0 Å². The van der Waals surface area contributed by atoms with Crippen molar-refractivity contribution in [1.82, 2.24) is 19.8 Å². The molecule has 2 aromatic rings. The minimum absolute atomic E-state index is 0.00810. The highest BCUT2D eigenvalue weighted by molar-refractivity contribution is 7.09. The highest BCUT2D eigenvalue weighted by Crippen LogP contribution is 2.27. The van der Waals surface area contributed by atoms with Crippen LogP contribution in [0.25, 0.3) is 0 Å². The summed E-state index contributed by atoms with van der Waals surface area (Å²) in [5, 5.41) is 2.09. The first-order chi connectivity index (χ1) is 14.0. The van der Waals surface area contributed by atoms with Gasteiger partial charge in [-0.2, -0.15) is 0 Å². The topological polar surface area (TPSA) is 69.3 Å². The summed E-state index contributed by atoms with van der Waals surface area (Å²) in [5.74, 6) is 1.17. The molecule has 1 fully saturated rings. The number of likely N-dealkylation sites (tertiary alicyclic amines) is 1. The Morgan fingerprint density at radius 2 is 2.28 bits per heavy atom. The fourth-order valence-electron chi connectivity index (χ4n) is 4.34. The molecular weight excluding hydrogens is 384 g/mol. The van der Waals surface area contributed by atoms with Gasteiger partial charge in [-0.05, 0) is 30.7 Å². The Bertz CT molecular complexity index is 908. The summed E-state index contributed by atoms with van der Waals surface area (Å²) in [6, 6.07) is 4.21. The van der Waals surface area contributed by atoms with E-state index in [4.69, 9.17) is 4.98 Å². The molecule has 0 radical (unpaired) electrons. The molecule has 1 saturated heterocycles. The number of rotatable bonds is 5. The molecule has 4 heterocycles.